The molecule has 2 aromatic heterocycles. The fourth-order valence-electron chi connectivity index (χ4n) is 4.63. The molecule has 10 heteroatoms. The van der Waals surface area contributed by atoms with Crippen LogP contribution in [0.1, 0.15) is 28.7 Å². The Morgan fingerprint density at radius 1 is 1.15 bits per heavy atom. The van der Waals surface area contributed by atoms with Crippen LogP contribution in [0.3, 0.4) is 0 Å². The van der Waals surface area contributed by atoms with Crippen LogP contribution < -0.4 is 20.9 Å². The van der Waals surface area contributed by atoms with Gasteiger partial charge in [-0.1, -0.05) is 0 Å². The van der Waals surface area contributed by atoms with E-state index in [0.29, 0.717) is 12.4 Å². The van der Waals surface area contributed by atoms with Crippen molar-refractivity contribution in [3.63, 3.8) is 0 Å². The molecule has 3 N–H and O–H groups in total. The molecular formula is C23H26N8O2. The fraction of sp³-hybridized carbons (Fsp3) is 0.348. The molecule has 0 bridgehead atoms. The Hall–Kier alpha value is -3.79. The molecule has 5 rings (SSSR count). The van der Waals surface area contributed by atoms with E-state index in [1.165, 1.54) is 6.33 Å². The highest BCUT2D eigenvalue weighted by atomic mass is 16.2. The normalized spacial score (nSPS) is 16.2. The number of rotatable bonds is 5. The van der Waals surface area contributed by atoms with Crippen LogP contribution in [0.4, 0.5) is 22.0 Å². The molecule has 2 aliphatic rings. The van der Waals surface area contributed by atoms with Crippen LogP contribution in [0.5, 0.6) is 0 Å². The molecule has 0 saturated carbocycles. The number of primary amides is 1. The van der Waals surface area contributed by atoms with Crippen molar-refractivity contribution < 1.29 is 9.59 Å². The summed E-state index contributed by atoms with van der Waals surface area (Å²) in [5.74, 6) is 0.146. The van der Waals surface area contributed by atoms with E-state index in [2.05, 4.69) is 36.1 Å². The summed E-state index contributed by atoms with van der Waals surface area (Å²) in [5.41, 5.74) is 10.2. The van der Waals surface area contributed by atoms with Crippen molar-refractivity contribution in [2.24, 2.45) is 5.73 Å². The van der Waals surface area contributed by atoms with Gasteiger partial charge >= 0.3 is 6.03 Å². The molecule has 1 fully saturated rings. The van der Waals surface area contributed by atoms with Crippen molar-refractivity contribution in [3.8, 4) is 0 Å². The number of hydrogen-bond donors (Lipinski definition) is 2. The highest BCUT2D eigenvalue weighted by molar-refractivity contribution is 6.17. The molecule has 0 aliphatic carbocycles. The number of hydrogen-bond acceptors (Lipinski definition) is 7. The van der Waals surface area contributed by atoms with Gasteiger partial charge in [0.1, 0.15) is 17.8 Å². The predicted molar refractivity (Wildman–Crippen MR) is 127 cm³/mol. The zero-order valence-electron chi connectivity index (χ0n) is 18.7. The highest BCUT2D eigenvalue weighted by Gasteiger charge is 2.27. The molecule has 0 unspecified atom stereocenters. The molecular weight excluding hydrogens is 420 g/mol. The lowest BCUT2D eigenvalue weighted by Gasteiger charge is -2.36. The Labute approximate surface area is 191 Å². The molecule has 2 aliphatic heterocycles. The van der Waals surface area contributed by atoms with Crippen LogP contribution in [-0.4, -0.2) is 64.5 Å². The minimum Gasteiger partial charge on any atom is -0.368 e. The lowest BCUT2D eigenvalue weighted by molar-refractivity contribution is 0.0995. The number of aromatic nitrogens is 3. The van der Waals surface area contributed by atoms with Gasteiger partial charge in [-0.25, -0.2) is 19.7 Å². The number of carbonyl (C=O) groups is 2. The summed E-state index contributed by atoms with van der Waals surface area (Å²) in [7, 11) is 0. The fourth-order valence-corrected chi connectivity index (χ4v) is 4.63. The molecule has 3 aromatic rings. The molecule has 1 aromatic carbocycles. The average Bonchev–Trinajstić information content (AvgIpc) is 2.80. The van der Waals surface area contributed by atoms with Crippen LogP contribution in [0.25, 0.3) is 10.9 Å². The molecule has 0 radical (unpaired) electrons. The van der Waals surface area contributed by atoms with Crippen molar-refractivity contribution in [2.75, 3.05) is 47.8 Å². The first-order chi connectivity index (χ1) is 15.9. The number of nitrogens with two attached hydrogens (primary N) is 1. The summed E-state index contributed by atoms with van der Waals surface area (Å²) in [6.07, 6.45) is 1.52. The maximum atomic E-state index is 12.5. The Morgan fingerprint density at radius 3 is 2.64 bits per heavy atom. The number of carbonyl (C=O) groups excluding carboxylic acids is 2. The molecule has 10 nitrogen and oxygen atoms in total. The maximum absolute atomic E-state index is 12.5. The van der Waals surface area contributed by atoms with E-state index in [-0.39, 0.29) is 11.7 Å². The van der Waals surface area contributed by atoms with E-state index in [1.807, 2.05) is 26.0 Å². The summed E-state index contributed by atoms with van der Waals surface area (Å²) in [5, 5.41) is 3.87. The first kappa shape index (κ1) is 21.1. The van der Waals surface area contributed by atoms with E-state index in [4.69, 9.17) is 5.73 Å². The summed E-state index contributed by atoms with van der Waals surface area (Å²) >= 11 is 0. The van der Waals surface area contributed by atoms with Crippen LogP contribution in [0.15, 0.2) is 30.6 Å². The van der Waals surface area contributed by atoms with Gasteiger partial charge < -0.3 is 16.0 Å². The standard InChI is InChI=1S/C23H26N8O2/c1-3-31-22-20-17(25-13-26-22)10-15(11-18(20)28-23(31)33)12-29-6-8-30(9-7-29)19-5-4-16(21(24)32)27-14(19)2/h4-5,10-11,13H,3,6-9,12H2,1-2H3,(H2,24,32)(H,28,33). The SMILES string of the molecule is CCN1C(=O)Nc2cc(CN3CCN(c4ccc(C(N)=O)nc4C)CC3)cc3ncnc1c23. The van der Waals surface area contributed by atoms with Crippen molar-refractivity contribution >= 4 is 40.0 Å². The van der Waals surface area contributed by atoms with Crippen LogP contribution >= 0.6 is 0 Å². The number of amides is 3. The number of piperazine rings is 1. The summed E-state index contributed by atoms with van der Waals surface area (Å²) in [6.45, 7) is 8.62. The second-order valence-electron chi connectivity index (χ2n) is 8.34. The Balaban J connectivity index is 1.31. The Bertz CT molecular complexity index is 1250. The minimum atomic E-state index is -0.514. The summed E-state index contributed by atoms with van der Waals surface area (Å²) in [4.78, 5) is 43.3. The van der Waals surface area contributed by atoms with Crippen molar-refractivity contribution in [3.05, 3.63) is 47.5 Å². The van der Waals surface area contributed by atoms with E-state index in [0.717, 1.165) is 66.3 Å². The van der Waals surface area contributed by atoms with Gasteiger partial charge in [0, 0.05) is 39.3 Å². The van der Waals surface area contributed by atoms with Crippen LogP contribution in [0, 0.1) is 6.92 Å². The third kappa shape index (κ3) is 3.82. The monoisotopic (exact) mass is 446 g/mol. The lowest BCUT2D eigenvalue weighted by Crippen LogP contribution is -2.46. The van der Waals surface area contributed by atoms with Gasteiger partial charge in [-0.15, -0.1) is 0 Å². The predicted octanol–water partition coefficient (Wildman–Crippen LogP) is 2.13. The number of aryl methyl sites for hydroxylation is 1. The zero-order chi connectivity index (χ0) is 23.1. The number of pyridine rings is 1. The number of anilines is 3. The average molecular weight is 447 g/mol. The van der Waals surface area contributed by atoms with E-state index >= 15 is 0 Å². The molecule has 33 heavy (non-hydrogen) atoms. The van der Waals surface area contributed by atoms with Gasteiger partial charge in [-0.05, 0) is 43.7 Å². The van der Waals surface area contributed by atoms with Gasteiger partial charge in [-0.3, -0.25) is 14.6 Å². The Kier molecular flexibility index (Phi) is 5.29. The van der Waals surface area contributed by atoms with Crippen molar-refractivity contribution in [1.82, 2.24) is 19.9 Å². The lowest BCUT2D eigenvalue weighted by atomic mass is 10.1. The number of nitrogens with zero attached hydrogens (tertiary/aromatic N) is 6. The van der Waals surface area contributed by atoms with Gasteiger partial charge in [-0.2, -0.15) is 0 Å². The molecule has 1 saturated heterocycles. The summed E-state index contributed by atoms with van der Waals surface area (Å²) < 4.78 is 0. The van der Waals surface area contributed by atoms with Gasteiger partial charge in [0.15, 0.2) is 0 Å². The minimum absolute atomic E-state index is 0.165. The van der Waals surface area contributed by atoms with Gasteiger partial charge in [0.2, 0.25) is 0 Å². The molecule has 4 heterocycles. The van der Waals surface area contributed by atoms with Crippen molar-refractivity contribution in [1.29, 1.82) is 0 Å². The second kappa shape index (κ2) is 8.28. The molecule has 3 amide bonds. The van der Waals surface area contributed by atoms with Gasteiger partial charge in [0.05, 0.1) is 28.0 Å². The van der Waals surface area contributed by atoms with Gasteiger partial charge in [0.25, 0.3) is 5.91 Å². The van der Waals surface area contributed by atoms with E-state index in [9.17, 15) is 9.59 Å². The van der Waals surface area contributed by atoms with Crippen LogP contribution in [0.2, 0.25) is 0 Å². The highest BCUT2D eigenvalue weighted by Crippen LogP contribution is 2.35. The molecule has 0 atom stereocenters. The smallest absolute Gasteiger partial charge is 0.327 e. The zero-order valence-corrected chi connectivity index (χ0v) is 18.7. The van der Waals surface area contributed by atoms with E-state index in [1.54, 1.807) is 11.0 Å². The topological polar surface area (TPSA) is 121 Å². The second-order valence-corrected chi connectivity index (χ2v) is 8.34. The largest absolute Gasteiger partial charge is 0.368 e. The van der Waals surface area contributed by atoms with Crippen molar-refractivity contribution in [2.45, 2.75) is 20.4 Å². The summed E-state index contributed by atoms with van der Waals surface area (Å²) in [6, 6.07) is 7.55. The Morgan fingerprint density at radius 2 is 1.94 bits per heavy atom. The maximum Gasteiger partial charge on any atom is 0.327 e. The number of urea groups is 1. The first-order valence-electron chi connectivity index (χ1n) is 11.1. The molecule has 0 spiro atoms. The van der Waals surface area contributed by atoms with Crippen LogP contribution in [-0.2, 0) is 6.54 Å². The number of nitrogens with one attached hydrogen (secondary N) is 1. The molecule has 170 valence electrons. The number of benzene rings is 1. The van der Waals surface area contributed by atoms with E-state index < -0.39 is 5.91 Å². The third-order valence-electron chi connectivity index (χ3n) is 6.27. The first-order valence-corrected chi connectivity index (χ1v) is 11.1. The quantitative estimate of drug-likeness (QED) is 0.616. The third-order valence-corrected chi connectivity index (χ3v) is 6.27.